The molecule has 0 N–H and O–H groups in total. The number of nitrogens with zero attached hydrogens (tertiary/aromatic N) is 1. The van der Waals surface area contributed by atoms with Crippen LogP contribution in [0.2, 0.25) is 0 Å². The van der Waals surface area contributed by atoms with Gasteiger partial charge in [0.15, 0.2) is 0 Å². The molecule has 0 spiro atoms. The third-order valence-corrected chi connectivity index (χ3v) is 4.39. The van der Waals surface area contributed by atoms with Crippen molar-refractivity contribution in [2.45, 2.75) is 51.0 Å². The summed E-state index contributed by atoms with van der Waals surface area (Å²) < 4.78 is 5.05. The zero-order valence-corrected chi connectivity index (χ0v) is 10.7. The first-order chi connectivity index (χ1) is 8.10. The molecular formula is C13H21NO3. The number of hydrogen-bond donors (Lipinski definition) is 0. The number of likely N-dealkylation sites (tertiary alicyclic amines) is 1. The fourth-order valence-electron chi connectivity index (χ4n) is 3.44. The lowest BCUT2D eigenvalue weighted by molar-refractivity contribution is -0.148. The number of esters is 1. The molecule has 1 amide bonds. The quantitative estimate of drug-likeness (QED) is 0.705. The van der Waals surface area contributed by atoms with Gasteiger partial charge < -0.3 is 9.64 Å². The van der Waals surface area contributed by atoms with Crippen LogP contribution in [0.4, 0.5) is 0 Å². The molecule has 4 heteroatoms. The minimum atomic E-state index is -0.248. The minimum Gasteiger partial charge on any atom is -0.466 e. The smallest absolute Gasteiger partial charge is 0.308 e. The van der Waals surface area contributed by atoms with Crippen molar-refractivity contribution >= 4 is 11.9 Å². The number of fused-ring (bicyclic) bond motifs is 1. The zero-order valence-electron chi connectivity index (χ0n) is 10.7. The maximum Gasteiger partial charge on any atom is 0.308 e. The van der Waals surface area contributed by atoms with Crippen LogP contribution in [0, 0.1) is 5.92 Å². The van der Waals surface area contributed by atoms with Gasteiger partial charge in [-0.15, -0.1) is 0 Å². The second-order valence-corrected chi connectivity index (χ2v) is 5.18. The predicted octanol–water partition coefficient (Wildman–Crippen LogP) is 1.73. The van der Waals surface area contributed by atoms with Gasteiger partial charge in [-0.3, -0.25) is 9.59 Å². The van der Waals surface area contributed by atoms with E-state index in [0.717, 1.165) is 19.3 Å². The van der Waals surface area contributed by atoms with Gasteiger partial charge in [-0.25, -0.2) is 0 Å². The van der Waals surface area contributed by atoms with Crippen LogP contribution in [0.1, 0.15) is 45.4 Å². The van der Waals surface area contributed by atoms with E-state index in [1.54, 1.807) is 0 Å². The van der Waals surface area contributed by atoms with Crippen LogP contribution in [-0.4, -0.2) is 36.0 Å². The lowest BCUT2D eigenvalue weighted by atomic mass is 9.71. The topological polar surface area (TPSA) is 46.6 Å². The first-order valence-corrected chi connectivity index (χ1v) is 6.52. The Morgan fingerprint density at radius 2 is 2.29 bits per heavy atom. The van der Waals surface area contributed by atoms with E-state index in [1.165, 1.54) is 6.42 Å². The van der Waals surface area contributed by atoms with Gasteiger partial charge in [0.1, 0.15) is 0 Å². The molecule has 2 fully saturated rings. The number of rotatable bonds is 3. The van der Waals surface area contributed by atoms with E-state index in [2.05, 4.69) is 0 Å². The van der Waals surface area contributed by atoms with Crippen LogP contribution in [0.15, 0.2) is 0 Å². The molecule has 0 aromatic heterocycles. The Labute approximate surface area is 102 Å². The van der Waals surface area contributed by atoms with E-state index >= 15 is 0 Å². The fraction of sp³-hybridized carbons (Fsp3) is 0.846. The lowest BCUT2D eigenvalue weighted by Crippen LogP contribution is -2.50. The van der Waals surface area contributed by atoms with Gasteiger partial charge in [-0.2, -0.15) is 0 Å². The number of carbonyl (C=O) groups excluding carboxylic acids is 2. The second-order valence-electron chi connectivity index (χ2n) is 5.18. The van der Waals surface area contributed by atoms with Gasteiger partial charge in [0, 0.05) is 13.5 Å². The van der Waals surface area contributed by atoms with Crippen LogP contribution in [0.3, 0.4) is 0 Å². The summed E-state index contributed by atoms with van der Waals surface area (Å²) >= 11 is 0. The van der Waals surface area contributed by atoms with Crippen LogP contribution >= 0.6 is 0 Å². The largest absolute Gasteiger partial charge is 0.466 e. The summed E-state index contributed by atoms with van der Waals surface area (Å²) in [6.07, 6.45) is 5.27. The molecule has 0 bridgehead atoms. The molecule has 1 saturated heterocycles. The number of carbonyl (C=O) groups is 2. The van der Waals surface area contributed by atoms with Crippen molar-refractivity contribution < 1.29 is 14.3 Å². The molecule has 1 aliphatic carbocycles. The molecule has 0 unspecified atom stereocenters. The monoisotopic (exact) mass is 239 g/mol. The normalized spacial score (nSPS) is 32.5. The average Bonchev–Trinajstić information content (AvgIpc) is 2.53. The predicted molar refractivity (Wildman–Crippen MR) is 63.3 cm³/mol. The van der Waals surface area contributed by atoms with Crippen molar-refractivity contribution in [3.63, 3.8) is 0 Å². The Morgan fingerprint density at radius 1 is 1.53 bits per heavy atom. The van der Waals surface area contributed by atoms with Gasteiger partial charge in [0.2, 0.25) is 5.91 Å². The number of amides is 1. The van der Waals surface area contributed by atoms with Gasteiger partial charge in [-0.1, -0.05) is 12.8 Å². The van der Waals surface area contributed by atoms with Crippen LogP contribution in [0.5, 0.6) is 0 Å². The molecule has 1 aliphatic heterocycles. The highest BCUT2D eigenvalue weighted by Gasteiger charge is 2.52. The highest BCUT2D eigenvalue weighted by atomic mass is 16.5. The summed E-state index contributed by atoms with van der Waals surface area (Å²) in [7, 11) is 1.84. The summed E-state index contributed by atoms with van der Waals surface area (Å²) in [5.41, 5.74) is -0.248. The zero-order chi connectivity index (χ0) is 12.5. The molecule has 0 aromatic carbocycles. The van der Waals surface area contributed by atoms with E-state index in [0.29, 0.717) is 25.4 Å². The number of hydrogen-bond acceptors (Lipinski definition) is 3. The summed E-state index contributed by atoms with van der Waals surface area (Å²) in [5, 5.41) is 0. The Morgan fingerprint density at radius 3 is 3.00 bits per heavy atom. The van der Waals surface area contributed by atoms with E-state index in [9.17, 15) is 9.59 Å². The molecule has 0 radical (unpaired) electrons. The van der Waals surface area contributed by atoms with Gasteiger partial charge in [0.25, 0.3) is 0 Å². The van der Waals surface area contributed by atoms with E-state index in [1.807, 2.05) is 18.9 Å². The first kappa shape index (κ1) is 12.4. The molecule has 1 saturated carbocycles. The molecule has 2 atom stereocenters. The molecule has 96 valence electrons. The Hall–Kier alpha value is -1.06. The molecule has 2 rings (SSSR count). The van der Waals surface area contributed by atoms with Crippen molar-refractivity contribution in [3.8, 4) is 0 Å². The van der Waals surface area contributed by atoms with Crippen molar-refractivity contribution in [1.29, 1.82) is 0 Å². The molecule has 2 aliphatic rings. The Kier molecular flexibility index (Phi) is 3.40. The maximum absolute atomic E-state index is 11.9. The highest BCUT2D eigenvalue weighted by molar-refractivity contribution is 5.82. The summed E-state index contributed by atoms with van der Waals surface area (Å²) in [5.74, 6) is 0.361. The maximum atomic E-state index is 11.9. The average molecular weight is 239 g/mol. The fourth-order valence-corrected chi connectivity index (χ4v) is 3.44. The van der Waals surface area contributed by atoms with Crippen molar-refractivity contribution in [2.24, 2.45) is 5.92 Å². The lowest BCUT2D eigenvalue weighted by Gasteiger charge is -2.43. The standard InChI is InChI=1S/C13H21NO3/c1-3-17-12(16)9-13-7-5-4-6-10(13)8-11(15)14(13)2/h10H,3-9H2,1-2H3/t10-,13+/m0/s1. The molecule has 1 heterocycles. The van der Waals surface area contributed by atoms with Crippen LogP contribution in [0.25, 0.3) is 0 Å². The Bertz CT molecular complexity index is 329. The molecular weight excluding hydrogens is 218 g/mol. The van der Waals surface area contributed by atoms with Gasteiger partial charge in [-0.05, 0) is 25.7 Å². The molecule has 4 nitrogen and oxygen atoms in total. The van der Waals surface area contributed by atoms with Crippen molar-refractivity contribution in [1.82, 2.24) is 4.90 Å². The van der Waals surface area contributed by atoms with Crippen molar-refractivity contribution in [3.05, 3.63) is 0 Å². The third kappa shape index (κ3) is 2.05. The van der Waals surface area contributed by atoms with E-state index in [4.69, 9.17) is 4.74 Å². The van der Waals surface area contributed by atoms with Crippen molar-refractivity contribution in [2.75, 3.05) is 13.7 Å². The van der Waals surface area contributed by atoms with Crippen LogP contribution in [-0.2, 0) is 14.3 Å². The molecule has 0 aromatic rings. The van der Waals surface area contributed by atoms with E-state index in [-0.39, 0.29) is 17.4 Å². The Balaban J connectivity index is 2.17. The van der Waals surface area contributed by atoms with Gasteiger partial charge >= 0.3 is 5.97 Å². The minimum absolute atomic E-state index is 0.166. The summed E-state index contributed by atoms with van der Waals surface area (Å²) in [6.45, 7) is 2.23. The third-order valence-electron chi connectivity index (χ3n) is 4.39. The summed E-state index contributed by atoms with van der Waals surface area (Å²) in [4.78, 5) is 25.4. The first-order valence-electron chi connectivity index (χ1n) is 6.52. The van der Waals surface area contributed by atoms with E-state index < -0.39 is 0 Å². The second kappa shape index (κ2) is 4.67. The highest BCUT2D eigenvalue weighted by Crippen LogP contribution is 2.47. The summed E-state index contributed by atoms with van der Waals surface area (Å²) in [6, 6.07) is 0. The van der Waals surface area contributed by atoms with Crippen LogP contribution < -0.4 is 0 Å². The van der Waals surface area contributed by atoms with Gasteiger partial charge in [0.05, 0.1) is 18.6 Å². The number of ether oxygens (including phenoxy) is 1. The molecule has 17 heavy (non-hydrogen) atoms. The SMILES string of the molecule is CCOC(=O)C[C@]12CCCC[C@H]1CC(=O)N2C.